The highest BCUT2D eigenvalue weighted by Gasteiger charge is 2.35. The van der Waals surface area contributed by atoms with Gasteiger partial charge in [-0.05, 0) is 43.2 Å². The van der Waals surface area contributed by atoms with Gasteiger partial charge in [-0.3, -0.25) is 10.1 Å². The van der Waals surface area contributed by atoms with Gasteiger partial charge in [0.05, 0.1) is 25.6 Å². The maximum absolute atomic E-state index is 12.9. The molecule has 1 unspecified atom stereocenters. The van der Waals surface area contributed by atoms with E-state index in [-0.39, 0.29) is 6.42 Å². The Kier molecular flexibility index (Phi) is 4.91. The number of hydrogen-bond acceptors (Lipinski definition) is 4. The highest BCUT2D eigenvalue weighted by atomic mass is 32.2. The second-order valence-electron chi connectivity index (χ2n) is 5.02. The SMILES string of the molecule is CSC1=C2C(CCC=C(F)F)=NCCC2=C(c2ccn[nH]2)S1=O. The number of hydrogen-bond donors (Lipinski definition) is 1. The molecule has 2 aliphatic rings. The summed E-state index contributed by atoms with van der Waals surface area (Å²) in [7, 11) is -1.28. The number of aliphatic imine (C=N–C) groups is 1. The van der Waals surface area contributed by atoms with E-state index in [2.05, 4.69) is 15.2 Å². The molecule has 1 atom stereocenters. The molecule has 0 saturated carbocycles. The minimum Gasteiger partial charge on any atom is -0.289 e. The number of fused-ring (bicyclic) bond motifs is 1. The monoisotopic (exact) mass is 355 g/mol. The van der Waals surface area contributed by atoms with E-state index in [1.165, 1.54) is 11.8 Å². The molecule has 4 nitrogen and oxygen atoms in total. The fraction of sp³-hybridized carbons (Fsp3) is 0.333. The third-order valence-electron chi connectivity index (χ3n) is 3.70. The molecule has 1 aromatic rings. The number of thioether (sulfide) groups is 1. The Morgan fingerprint density at radius 1 is 1.52 bits per heavy atom. The average molecular weight is 355 g/mol. The Labute approximate surface area is 139 Å². The lowest BCUT2D eigenvalue weighted by molar-refractivity contribution is 0.418. The zero-order valence-corrected chi connectivity index (χ0v) is 14.1. The van der Waals surface area contributed by atoms with Crippen LogP contribution in [0.3, 0.4) is 0 Å². The summed E-state index contributed by atoms with van der Waals surface area (Å²) in [6.45, 7) is 0.590. The second kappa shape index (κ2) is 6.92. The number of nitrogens with zero attached hydrogens (tertiary/aromatic N) is 2. The van der Waals surface area contributed by atoms with Crippen molar-refractivity contribution < 1.29 is 13.0 Å². The van der Waals surface area contributed by atoms with Crippen LogP contribution in [0.4, 0.5) is 8.78 Å². The highest BCUT2D eigenvalue weighted by Crippen LogP contribution is 2.46. The molecule has 0 aliphatic carbocycles. The van der Waals surface area contributed by atoms with E-state index in [0.29, 0.717) is 19.4 Å². The van der Waals surface area contributed by atoms with Gasteiger partial charge in [0.15, 0.2) is 0 Å². The fourth-order valence-corrected chi connectivity index (χ4v) is 5.44. The summed E-state index contributed by atoms with van der Waals surface area (Å²) in [6, 6.07) is 1.80. The van der Waals surface area contributed by atoms with E-state index < -0.39 is 16.9 Å². The minimum atomic E-state index is -1.68. The van der Waals surface area contributed by atoms with Gasteiger partial charge >= 0.3 is 0 Å². The van der Waals surface area contributed by atoms with Crippen LogP contribution >= 0.6 is 11.8 Å². The zero-order valence-electron chi connectivity index (χ0n) is 12.4. The zero-order chi connectivity index (χ0) is 16.4. The third kappa shape index (κ3) is 3.10. The van der Waals surface area contributed by atoms with Gasteiger partial charge in [-0.25, -0.2) is 4.21 Å². The van der Waals surface area contributed by atoms with Gasteiger partial charge in [0.1, 0.15) is 0 Å². The molecule has 8 heteroatoms. The maximum atomic E-state index is 12.9. The maximum Gasteiger partial charge on any atom is 0.266 e. The molecule has 0 radical (unpaired) electrons. The van der Waals surface area contributed by atoms with Gasteiger partial charge in [-0.2, -0.15) is 13.9 Å². The quantitative estimate of drug-likeness (QED) is 0.872. The van der Waals surface area contributed by atoms with Gasteiger partial charge in [0, 0.05) is 24.0 Å². The van der Waals surface area contributed by atoms with Crippen molar-refractivity contribution in [2.24, 2.45) is 4.99 Å². The number of H-pyrrole nitrogens is 1. The Balaban J connectivity index is 2.00. The van der Waals surface area contributed by atoms with E-state index in [4.69, 9.17) is 0 Å². The van der Waals surface area contributed by atoms with Crippen LogP contribution in [0.2, 0.25) is 0 Å². The van der Waals surface area contributed by atoms with Crippen molar-refractivity contribution in [1.29, 1.82) is 0 Å². The normalized spacial score (nSPS) is 20.7. The van der Waals surface area contributed by atoms with E-state index in [0.717, 1.165) is 37.8 Å². The summed E-state index contributed by atoms with van der Waals surface area (Å²) in [6.07, 6.45) is 4.09. The van der Waals surface area contributed by atoms with Crippen LogP contribution in [0, 0.1) is 0 Å². The summed E-state index contributed by atoms with van der Waals surface area (Å²) in [5, 5.41) is 6.81. The Hall–Kier alpha value is -1.54. The molecular weight excluding hydrogens is 340 g/mol. The van der Waals surface area contributed by atoms with Crippen LogP contribution in [0.5, 0.6) is 0 Å². The molecule has 3 rings (SSSR count). The highest BCUT2D eigenvalue weighted by molar-refractivity contribution is 8.19. The first-order valence-corrected chi connectivity index (χ1v) is 9.49. The lowest BCUT2D eigenvalue weighted by Gasteiger charge is -2.17. The molecule has 2 aliphatic heterocycles. The Bertz CT molecular complexity index is 760. The standard InChI is InChI=1S/C15H15F2N3OS2/c1-22-15-13-9(14(23(15)21)11-6-8-19-20-11)5-7-18-10(13)3-2-4-12(16)17/h4,6,8H,2-3,5,7H2,1H3,(H,19,20). The number of halogens is 2. The van der Waals surface area contributed by atoms with Crippen LogP contribution in [0.15, 0.2) is 44.8 Å². The van der Waals surface area contributed by atoms with Crippen LogP contribution in [-0.4, -0.2) is 32.9 Å². The van der Waals surface area contributed by atoms with E-state index in [1.54, 1.807) is 12.3 Å². The number of nitrogens with one attached hydrogen (secondary N) is 1. The largest absolute Gasteiger partial charge is 0.289 e. The van der Waals surface area contributed by atoms with Crippen molar-refractivity contribution >= 4 is 33.2 Å². The molecule has 122 valence electrons. The van der Waals surface area contributed by atoms with Gasteiger partial charge in [-0.1, -0.05) is 0 Å². The van der Waals surface area contributed by atoms with Crippen molar-refractivity contribution in [3.05, 3.63) is 45.5 Å². The number of rotatable bonds is 5. The molecule has 0 aromatic carbocycles. The van der Waals surface area contributed by atoms with Crippen molar-refractivity contribution in [3.63, 3.8) is 0 Å². The van der Waals surface area contributed by atoms with Crippen LogP contribution in [-0.2, 0) is 10.8 Å². The predicted octanol–water partition coefficient (Wildman–Crippen LogP) is 3.86. The average Bonchev–Trinajstić information content (AvgIpc) is 3.12. The summed E-state index contributed by atoms with van der Waals surface area (Å²) in [5.74, 6) is 0. The minimum absolute atomic E-state index is 0.228. The number of allylic oxidation sites excluding steroid dienone is 2. The van der Waals surface area contributed by atoms with Gasteiger partial charge in [0.25, 0.3) is 6.08 Å². The smallest absolute Gasteiger partial charge is 0.266 e. The lowest BCUT2D eigenvalue weighted by Crippen LogP contribution is -2.12. The third-order valence-corrected chi connectivity index (χ3v) is 6.60. The molecular formula is C15H15F2N3OS2. The Morgan fingerprint density at radius 3 is 3.00 bits per heavy atom. The van der Waals surface area contributed by atoms with Gasteiger partial charge in [0.2, 0.25) is 0 Å². The van der Waals surface area contributed by atoms with Crippen LogP contribution in [0.25, 0.3) is 4.91 Å². The van der Waals surface area contributed by atoms with Crippen molar-refractivity contribution in [2.75, 3.05) is 12.8 Å². The summed E-state index contributed by atoms with van der Waals surface area (Å²) < 4.78 is 38.1. The molecule has 1 N–H and O–H groups in total. The fourth-order valence-electron chi connectivity index (χ4n) is 2.79. The molecule has 0 amide bonds. The van der Waals surface area contributed by atoms with Gasteiger partial charge < -0.3 is 0 Å². The molecule has 23 heavy (non-hydrogen) atoms. The first-order valence-electron chi connectivity index (χ1n) is 7.11. The topological polar surface area (TPSA) is 58.1 Å². The first kappa shape index (κ1) is 16.3. The van der Waals surface area contributed by atoms with Crippen LogP contribution in [0.1, 0.15) is 25.0 Å². The van der Waals surface area contributed by atoms with E-state index in [1.807, 2.05) is 6.26 Å². The second-order valence-corrected chi connectivity index (χ2v) is 7.45. The summed E-state index contributed by atoms with van der Waals surface area (Å²) in [4.78, 5) is 5.25. The number of aromatic amines is 1. The van der Waals surface area contributed by atoms with Gasteiger partial charge in [-0.15, -0.1) is 11.8 Å². The summed E-state index contributed by atoms with van der Waals surface area (Å²) in [5.41, 5.74) is 3.41. The summed E-state index contributed by atoms with van der Waals surface area (Å²) >= 11 is 1.43. The molecule has 0 bridgehead atoms. The van der Waals surface area contributed by atoms with Crippen molar-refractivity contribution in [1.82, 2.24) is 10.2 Å². The predicted molar refractivity (Wildman–Crippen MR) is 90.6 cm³/mol. The lowest BCUT2D eigenvalue weighted by atomic mass is 9.93. The van der Waals surface area contributed by atoms with Crippen molar-refractivity contribution in [2.45, 2.75) is 19.3 Å². The molecule has 0 spiro atoms. The van der Waals surface area contributed by atoms with E-state index in [9.17, 15) is 13.0 Å². The Morgan fingerprint density at radius 2 is 2.35 bits per heavy atom. The first-order chi connectivity index (χ1) is 11.1. The molecule has 0 fully saturated rings. The molecule has 3 heterocycles. The van der Waals surface area contributed by atoms with Crippen molar-refractivity contribution in [3.8, 4) is 0 Å². The number of aromatic nitrogens is 2. The molecule has 0 saturated heterocycles. The van der Waals surface area contributed by atoms with Crippen LogP contribution < -0.4 is 0 Å². The van der Waals surface area contributed by atoms with E-state index >= 15 is 0 Å². The molecule has 1 aromatic heterocycles.